The third kappa shape index (κ3) is 6.07. The zero-order valence-corrected chi connectivity index (χ0v) is 20.3. The van der Waals surface area contributed by atoms with Gasteiger partial charge in [0.25, 0.3) is 5.91 Å². The van der Waals surface area contributed by atoms with Crippen LogP contribution in [0.4, 0.5) is 5.69 Å². The molecule has 0 aromatic heterocycles. The fraction of sp³-hybridized carbons (Fsp3) is 0.375. The summed E-state index contributed by atoms with van der Waals surface area (Å²) >= 11 is 0. The lowest BCUT2D eigenvalue weighted by Gasteiger charge is -2.34. The van der Waals surface area contributed by atoms with Crippen LogP contribution in [0.15, 0.2) is 53.4 Å². The maximum absolute atomic E-state index is 12.9. The summed E-state index contributed by atoms with van der Waals surface area (Å²) in [6, 6.07) is 11.7. The Morgan fingerprint density at radius 1 is 0.971 bits per heavy atom. The smallest absolute Gasteiger partial charge is 0.338 e. The quantitative estimate of drug-likeness (QED) is 0.470. The molecule has 3 atom stereocenters. The summed E-state index contributed by atoms with van der Waals surface area (Å²) in [5, 5.41) is 2.61. The van der Waals surface area contributed by atoms with Gasteiger partial charge in [0.2, 0.25) is 10.0 Å². The predicted octanol–water partition coefficient (Wildman–Crippen LogP) is 2.87. The number of ether oxygens (including phenoxy) is 2. The number of esters is 1. The van der Waals surface area contributed by atoms with E-state index in [2.05, 4.69) is 5.32 Å². The summed E-state index contributed by atoms with van der Waals surface area (Å²) in [6.07, 6.45) is -1.53. The van der Waals surface area contributed by atoms with E-state index in [4.69, 9.17) is 9.47 Å². The standard InChI is InChI=1S/C24H28N2O7S/c1-15-13-26(14-16(2)32-15)34(30,31)22-11-7-20(8-12-22)24(29)33-18(4)23(28)25-21-9-5-19(6-10-21)17(3)27/h5-12,15-16,18H,13-14H2,1-4H3,(H,25,28). The molecule has 0 saturated carbocycles. The number of nitrogens with zero attached hydrogens (tertiary/aromatic N) is 1. The minimum Gasteiger partial charge on any atom is -0.449 e. The van der Waals surface area contributed by atoms with Gasteiger partial charge >= 0.3 is 5.97 Å². The zero-order chi connectivity index (χ0) is 25.0. The van der Waals surface area contributed by atoms with Gasteiger partial charge in [0.15, 0.2) is 11.9 Å². The molecule has 0 aliphatic carbocycles. The van der Waals surface area contributed by atoms with Crippen LogP contribution >= 0.6 is 0 Å². The van der Waals surface area contributed by atoms with Crippen molar-refractivity contribution in [2.45, 2.75) is 50.9 Å². The normalized spacial score (nSPS) is 19.8. The van der Waals surface area contributed by atoms with Crippen LogP contribution in [0.1, 0.15) is 48.4 Å². The Labute approximate surface area is 199 Å². The predicted molar refractivity (Wildman–Crippen MR) is 125 cm³/mol. The lowest BCUT2D eigenvalue weighted by atomic mass is 10.1. The number of hydrogen-bond acceptors (Lipinski definition) is 7. The van der Waals surface area contributed by atoms with E-state index in [1.165, 1.54) is 42.4 Å². The number of nitrogens with one attached hydrogen (secondary N) is 1. The number of carbonyl (C=O) groups excluding carboxylic acids is 3. The minimum atomic E-state index is -3.73. The SMILES string of the molecule is CC(=O)c1ccc(NC(=O)C(C)OC(=O)c2ccc(S(=O)(=O)N3CC(C)OC(C)C3)cc2)cc1. The molecule has 0 radical (unpaired) electrons. The number of anilines is 1. The van der Waals surface area contributed by atoms with Gasteiger partial charge in [-0.05, 0) is 76.2 Å². The number of morpholine rings is 1. The van der Waals surface area contributed by atoms with Gasteiger partial charge in [0.05, 0.1) is 22.7 Å². The summed E-state index contributed by atoms with van der Waals surface area (Å²) in [5.41, 5.74) is 1.09. The highest BCUT2D eigenvalue weighted by atomic mass is 32.2. The van der Waals surface area contributed by atoms with Gasteiger partial charge in [-0.2, -0.15) is 4.31 Å². The highest BCUT2D eigenvalue weighted by Gasteiger charge is 2.32. The van der Waals surface area contributed by atoms with Crippen molar-refractivity contribution in [3.8, 4) is 0 Å². The molecule has 1 saturated heterocycles. The third-order valence-electron chi connectivity index (χ3n) is 5.33. The van der Waals surface area contributed by atoms with Crippen molar-refractivity contribution in [3.05, 3.63) is 59.7 Å². The number of hydrogen-bond donors (Lipinski definition) is 1. The van der Waals surface area contributed by atoms with Gasteiger partial charge in [-0.1, -0.05) is 0 Å². The van der Waals surface area contributed by atoms with Gasteiger partial charge < -0.3 is 14.8 Å². The first-order chi connectivity index (χ1) is 16.0. The van der Waals surface area contributed by atoms with Crippen molar-refractivity contribution in [2.24, 2.45) is 0 Å². The Bertz CT molecular complexity index is 1150. The Morgan fingerprint density at radius 3 is 2.03 bits per heavy atom. The van der Waals surface area contributed by atoms with E-state index in [9.17, 15) is 22.8 Å². The molecular weight excluding hydrogens is 460 g/mol. The van der Waals surface area contributed by atoms with E-state index in [-0.39, 0.29) is 41.5 Å². The lowest BCUT2D eigenvalue weighted by molar-refractivity contribution is -0.123. The number of carbonyl (C=O) groups is 3. The molecular formula is C24H28N2O7S. The molecule has 1 fully saturated rings. The fourth-order valence-electron chi connectivity index (χ4n) is 3.55. The number of sulfonamides is 1. The van der Waals surface area contributed by atoms with Gasteiger partial charge in [0, 0.05) is 24.3 Å². The monoisotopic (exact) mass is 488 g/mol. The molecule has 0 spiro atoms. The van der Waals surface area contributed by atoms with Crippen LogP contribution in [-0.4, -0.2) is 61.8 Å². The number of amides is 1. The molecule has 1 heterocycles. The second-order valence-electron chi connectivity index (χ2n) is 8.27. The first-order valence-electron chi connectivity index (χ1n) is 10.9. The van der Waals surface area contributed by atoms with Crippen LogP contribution in [0.5, 0.6) is 0 Å². The van der Waals surface area contributed by atoms with Gasteiger partial charge in [0.1, 0.15) is 0 Å². The molecule has 1 amide bonds. The maximum atomic E-state index is 12.9. The Hall–Kier alpha value is -3.08. The molecule has 182 valence electrons. The summed E-state index contributed by atoms with van der Waals surface area (Å²) in [7, 11) is -3.73. The van der Waals surface area contributed by atoms with Crippen molar-refractivity contribution < 1.29 is 32.3 Å². The largest absolute Gasteiger partial charge is 0.449 e. The molecule has 1 aliphatic rings. The average Bonchev–Trinajstić information content (AvgIpc) is 2.78. The lowest BCUT2D eigenvalue weighted by Crippen LogP contribution is -2.48. The number of ketones is 1. The summed E-state index contributed by atoms with van der Waals surface area (Å²) in [4.78, 5) is 36.2. The van der Waals surface area contributed by atoms with E-state index in [1.807, 2.05) is 13.8 Å². The highest BCUT2D eigenvalue weighted by Crippen LogP contribution is 2.22. The molecule has 3 unspecified atom stereocenters. The fourth-order valence-corrected chi connectivity index (χ4v) is 5.14. The van der Waals surface area contributed by atoms with E-state index in [0.29, 0.717) is 11.3 Å². The van der Waals surface area contributed by atoms with Crippen molar-refractivity contribution in [3.63, 3.8) is 0 Å². The molecule has 1 N–H and O–H groups in total. The first kappa shape index (κ1) is 25.5. The average molecular weight is 489 g/mol. The Morgan fingerprint density at radius 2 is 1.50 bits per heavy atom. The molecule has 10 heteroatoms. The number of benzene rings is 2. The van der Waals surface area contributed by atoms with E-state index < -0.39 is 28.0 Å². The van der Waals surface area contributed by atoms with Gasteiger partial charge in [-0.3, -0.25) is 9.59 Å². The van der Waals surface area contributed by atoms with Crippen LogP contribution < -0.4 is 5.32 Å². The Balaban J connectivity index is 1.61. The molecule has 1 aliphatic heterocycles. The van der Waals surface area contributed by atoms with Crippen LogP contribution in [0, 0.1) is 0 Å². The van der Waals surface area contributed by atoms with E-state index in [1.54, 1.807) is 24.3 Å². The van der Waals surface area contributed by atoms with Crippen molar-refractivity contribution in [1.29, 1.82) is 0 Å². The maximum Gasteiger partial charge on any atom is 0.338 e. The molecule has 2 aromatic carbocycles. The molecule has 34 heavy (non-hydrogen) atoms. The molecule has 2 aromatic rings. The van der Waals surface area contributed by atoms with Crippen LogP contribution in [0.25, 0.3) is 0 Å². The van der Waals surface area contributed by atoms with Crippen LogP contribution in [0.2, 0.25) is 0 Å². The van der Waals surface area contributed by atoms with Crippen molar-refractivity contribution in [2.75, 3.05) is 18.4 Å². The third-order valence-corrected chi connectivity index (χ3v) is 7.17. The molecule has 3 rings (SSSR count). The topological polar surface area (TPSA) is 119 Å². The highest BCUT2D eigenvalue weighted by molar-refractivity contribution is 7.89. The van der Waals surface area contributed by atoms with Gasteiger partial charge in [-0.15, -0.1) is 0 Å². The number of rotatable bonds is 7. The summed E-state index contributed by atoms with van der Waals surface area (Å²) in [6.45, 7) is 7.00. The molecule has 9 nitrogen and oxygen atoms in total. The van der Waals surface area contributed by atoms with Crippen molar-refractivity contribution >= 4 is 33.4 Å². The van der Waals surface area contributed by atoms with Gasteiger partial charge in [-0.25, -0.2) is 13.2 Å². The minimum absolute atomic E-state index is 0.0603. The first-order valence-corrected chi connectivity index (χ1v) is 12.3. The second-order valence-corrected chi connectivity index (χ2v) is 10.2. The van der Waals surface area contributed by atoms with Crippen molar-refractivity contribution in [1.82, 2.24) is 4.31 Å². The van der Waals surface area contributed by atoms with E-state index >= 15 is 0 Å². The summed E-state index contributed by atoms with van der Waals surface area (Å²) in [5.74, 6) is -1.39. The molecule has 0 bridgehead atoms. The van der Waals surface area contributed by atoms with E-state index in [0.717, 1.165) is 0 Å². The van der Waals surface area contributed by atoms with Crippen LogP contribution in [0.3, 0.4) is 0 Å². The summed E-state index contributed by atoms with van der Waals surface area (Å²) < 4.78 is 38.1. The Kier molecular flexibility index (Phi) is 7.86. The van der Waals surface area contributed by atoms with Crippen LogP contribution in [-0.2, 0) is 24.3 Å². The second kappa shape index (κ2) is 10.5. The zero-order valence-electron chi connectivity index (χ0n) is 19.5. The number of Topliss-reactive ketones (excluding diaryl/α,β-unsaturated/α-hetero) is 1.